The van der Waals surface area contributed by atoms with E-state index < -0.39 is 49.7 Å². The third kappa shape index (κ3) is 16.2. The number of aliphatic hydroxyl groups excluding tert-OH is 5. The highest BCUT2D eigenvalue weighted by molar-refractivity contribution is 5.69. The van der Waals surface area contributed by atoms with Gasteiger partial charge in [-0.2, -0.15) is 0 Å². The van der Waals surface area contributed by atoms with Crippen LogP contribution < -0.4 is 0 Å². The molecular formula is C29H56O10. The Morgan fingerprint density at radius 1 is 0.769 bits per heavy atom. The van der Waals surface area contributed by atoms with Gasteiger partial charge in [0.05, 0.1) is 13.2 Å². The minimum absolute atomic E-state index is 0.152. The number of ether oxygens (including phenoxy) is 4. The van der Waals surface area contributed by atoms with Gasteiger partial charge in [0.15, 0.2) is 12.6 Å². The summed E-state index contributed by atoms with van der Waals surface area (Å²) < 4.78 is 22.0. The van der Waals surface area contributed by atoms with E-state index in [1.165, 1.54) is 38.5 Å². The van der Waals surface area contributed by atoms with Crippen molar-refractivity contribution in [2.24, 2.45) is 0 Å². The Balaban J connectivity index is 2.48. The molecule has 10 nitrogen and oxygen atoms in total. The number of esters is 1. The molecule has 5 N–H and O–H groups in total. The lowest BCUT2D eigenvalue weighted by Gasteiger charge is -2.40. The predicted molar refractivity (Wildman–Crippen MR) is 147 cm³/mol. The Morgan fingerprint density at radius 3 is 1.92 bits per heavy atom. The van der Waals surface area contributed by atoms with Gasteiger partial charge in [-0.1, -0.05) is 90.9 Å². The summed E-state index contributed by atoms with van der Waals surface area (Å²) in [6.07, 6.45) is 7.22. The monoisotopic (exact) mass is 564 g/mol. The molecule has 0 aromatic heterocycles. The van der Waals surface area contributed by atoms with Crippen molar-refractivity contribution in [3.05, 3.63) is 0 Å². The van der Waals surface area contributed by atoms with Gasteiger partial charge in [-0.05, 0) is 19.3 Å². The van der Waals surface area contributed by atoms with Crippen LogP contribution in [0.3, 0.4) is 0 Å². The molecule has 0 amide bonds. The van der Waals surface area contributed by atoms with Gasteiger partial charge in [0.25, 0.3) is 0 Å². The van der Waals surface area contributed by atoms with Gasteiger partial charge in [0.2, 0.25) is 0 Å². The van der Waals surface area contributed by atoms with Crippen LogP contribution in [0.15, 0.2) is 0 Å². The first-order chi connectivity index (χ1) is 18.8. The van der Waals surface area contributed by atoms with Gasteiger partial charge in [-0.25, -0.2) is 0 Å². The van der Waals surface area contributed by atoms with E-state index in [0.717, 1.165) is 51.4 Å². The summed E-state index contributed by atoms with van der Waals surface area (Å²) in [4.78, 5) is 12.3. The maximum Gasteiger partial charge on any atom is 0.305 e. The summed E-state index contributed by atoms with van der Waals surface area (Å²) >= 11 is 0. The summed E-state index contributed by atoms with van der Waals surface area (Å²) in [5, 5.41) is 49.9. The minimum Gasteiger partial charge on any atom is -0.463 e. The standard InChI is InChI=1S/C29H56O10/c1-3-5-7-9-10-11-12-14-15-17-24(31)36-20-22(38-25(32)18-16-13-8-6-4-2)21-37-29-28(35)27(34)26(33)23(19-30)39-29/h22-23,25-30,32-35H,3-21H2,1-2H3/t22-,23-,25?,26+,27+,28-,29-/m1/s1. The molecule has 1 unspecified atom stereocenters. The molecule has 1 fully saturated rings. The number of hydrogen-bond acceptors (Lipinski definition) is 10. The van der Waals surface area contributed by atoms with Crippen LogP contribution in [0, 0.1) is 0 Å². The van der Waals surface area contributed by atoms with E-state index in [1.807, 2.05) is 0 Å². The van der Waals surface area contributed by atoms with Gasteiger partial charge in [0.1, 0.15) is 37.1 Å². The molecule has 1 saturated heterocycles. The van der Waals surface area contributed by atoms with Crippen molar-refractivity contribution in [3.8, 4) is 0 Å². The van der Waals surface area contributed by atoms with E-state index in [9.17, 15) is 30.3 Å². The van der Waals surface area contributed by atoms with E-state index >= 15 is 0 Å². The van der Waals surface area contributed by atoms with Gasteiger partial charge < -0.3 is 44.5 Å². The highest BCUT2D eigenvalue weighted by atomic mass is 16.7. The first kappa shape index (κ1) is 36.2. The number of carbonyl (C=O) groups excluding carboxylic acids is 1. The maximum absolute atomic E-state index is 12.3. The molecule has 1 aliphatic rings. The van der Waals surface area contributed by atoms with Gasteiger partial charge in [-0.3, -0.25) is 4.79 Å². The minimum atomic E-state index is -1.57. The van der Waals surface area contributed by atoms with Crippen molar-refractivity contribution in [2.75, 3.05) is 19.8 Å². The van der Waals surface area contributed by atoms with E-state index in [0.29, 0.717) is 12.8 Å². The fraction of sp³-hybridized carbons (Fsp3) is 0.966. The van der Waals surface area contributed by atoms with E-state index in [1.54, 1.807) is 0 Å². The molecule has 0 aliphatic carbocycles. The molecule has 39 heavy (non-hydrogen) atoms. The average molecular weight is 565 g/mol. The van der Waals surface area contributed by atoms with Crippen LogP contribution in [0.1, 0.15) is 117 Å². The topological polar surface area (TPSA) is 155 Å². The van der Waals surface area contributed by atoms with Gasteiger partial charge in [-0.15, -0.1) is 0 Å². The zero-order valence-electron chi connectivity index (χ0n) is 24.3. The molecule has 0 saturated carbocycles. The van der Waals surface area contributed by atoms with E-state index in [2.05, 4.69) is 13.8 Å². The maximum atomic E-state index is 12.3. The lowest BCUT2D eigenvalue weighted by atomic mass is 9.99. The average Bonchev–Trinajstić information content (AvgIpc) is 2.93. The Morgan fingerprint density at radius 2 is 1.33 bits per heavy atom. The number of hydrogen-bond donors (Lipinski definition) is 5. The van der Waals surface area contributed by atoms with E-state index in [-0.39, 0.29) is 19.2 Å². The molecule has 1 rings (SSSR count). The molecule has 10 heteroatoms. The van der Waals surface area contributed by atoms with E-state index in [4.69, 9.17) is 18.9 Å². The fourth-order valence-corrected chi connectivity index (χ4v) is 4.58. The van der Waals surface area contributed by atoms with Gasteiger partial charge in [0, 0.05) is 6.42 Å². The van der Waals surface area contributed by atoms with Crippen LogP contribution in [0.5, 0.6) is 0 Å². The largest absolute Gasteiger partial charge is 0.463 e. The second-order valence-electron chi connectivity index (χ2n) is 10.7. The molecule has 0 aromatic rings. The summed E-state index contributed by atoms with van der Waals surface area (Å²) in [6, 6.07) is 0. The van der Waals surface area contributed by atoms with Crippen LogP contribution in [0.25, 0.3) is 0 Å². The van der Waals surface area contributed by atoms with Crippen LogP contribution >= 0.6 is 0 Å². The normalized spacial score (nSPS) is 24.9. The highest BCUT2D eigenvalue weighted by Gasteiger charge is 2.44. The van der Waals surface area contributed by atoms with Crippen molar-refractivity contribution in [3.63, 3.8) is 0 Å². The quantitative estimate of drug-likeness (QED) is 0.0670. The SMILES string of the molecule is CCCCCCCCCCCC(=O)OC[C@H](CO[C@@H]1O[C@H](CO)[C@H](O)[C@H](O)[C@H]1O)OC(O)CCCCCCC. The Kier molecular flexibility index (Phi) is 21.1. The van der Waals surface area contributed by atoms with Crippen molar-refractivity contribution < 1.29 is 49.3 Å². The van der Waals surface area contributed by atoms with Crippen molar-refractivity contribution in [1.82, 2.24) is 0 Å². The molecule has 232 valence electrons. The molecular weight excluding hydrogens is 508 g/mol. The molecule has 0 radical (unpaired) electrons. The highest BCUT2D eigenvalue weighted by Crippen LogP contribution is 2.22. The van der Waals surface area contributed by atoms with Crippen LogP contribution in [-0.2, 0) is 23.7 Å². The first-order valence-corrected chi connectivity index (χ1v) is 15.2. The fourth-order valence-electron chi connectivity index (χ4n) is 4.58. The zero-order chi connectivity index (χ0) is 28.9. The summed E-state index contributed by atoms with van der Waals surface area (Å²) in [5.41, 5.74) is 0. The molecule has 0 spiro atoms. The lowest BCUT2D eigenvalue weighted by Crippen LogP contribution is -2.59. The Bertz CT molecular complexity index is 590. The third-order valence-electron chi connectivity index (χ3n) is 7.11. The van der Waals surface area contributed by atoms with Gasteiger partial charge >= 0.3 is 5.97 Å². The summed E-state index contributed by atoms with van der Waals surface area (Å²) in [5.74, 6) is -0.353. The number of aliphatic hydroxyl groups is 5. The number of carbonyl (C=O) groups is 1. The van der Waals surface area contributed by atoms with Crippen molar-refractivity contribution in [2.45, 2.75) is 160 Å². The molecule has 0 aromatic carbocycles. The zero-order valence-corrected chi connectivity index (χ0v) is 24.3. The van der Waals surface area contributed by atoms with Crippen LogP contribution in [0.2, 0.25) is 0 Å². The third-order valence-corrected chi connectivity index (χ3v) is 7.11. The van der Waals surface area contributed by atoms with Crippen LogP contribution in [0.4, 0.5) is 0 Å². The molecule has 1 aliphatic heterocycles. The number of rotatable bonds is 24. The smallest absolute Gasteiger partial charge is 0.305 e. The summed E-state index contributed by atoms with van der Waals surface area (Å²) in [7, 11) is 0. The second-order valence-corrected chi connectivity index (χ2v) is 10.7. The molecule has 7 atom stereocenters. The van der Waals surface area contributed by atoms with Crippen LogP contribution in [-0.4, -0.2) is 94.4 Å². The molecule has 1 heterocycles. The lowest BCUT2D eigenvalue weighted by molar-refractivity contribution is -0.308. The summed E-state index contributed by atoms with van der Waals surface area (Å²) in [6.45, 7) is 3.41. The van der Waals surface area contributed by atoms with Crippen molar-refractivity contribution >= 4 is 5.97 Å². The van der Waals surface area contributed by atoms with Crippen molar-refractivity contribution in [1.29, 1.82) is 0 Å². The Labute approximate surface area is 235 Å². The predicted octanol–water partition coefficient (Wildman–Crippen LogP) is 3.33. The molecule has 0 bridgehead atoms. The number of unbranched alkanes of at least 4 members (excludes halogenated alkanes) is 12. The first-order valence-electron chi connectivity index (χ1n) is 15.2. The second kappa shape index (κ2) is 22.8. The Hall–Kier alpha value is -0.850.